The quantitative estimate of drug-likeness (QED) is 0.597. The van der Waals surface area contributed by atoms with E-state index in [1.807, 2.05) is 0 Å². The van der Waals surface area contributed by atoms with Gasteiger partial charge in [0.25, 0.3) is 0 Å². The van der Waals surface area contributed by atoms with Gasteiger partial charge in [0.05, 0.1) is 0 Å². The summed E-state index contributed by atoms with van der Waals surface area (Å²) in [6.07, 6.45) is -1.78. The molecule has 1 rings (SSSR count). The third-order valence-corrected chi connectivity index (χ3v) is 3.36. The Morgan fingerprint density at radius 2 is 2.28 bits per heavy atom. The van der Waals surface area contributed by atoms with Crippen molar-refractivity contribution in [2.24, 2.45) is 0 Å². The van der Waals surface area contributed by atoms with Crippen LogP contribution in [0.3, 0.4) is 0 Å². The molecular weight excluding hydrogens is 264 g/mol. The van der Waals surface area contributed by atoms with Crippen molar-refractivity contribution in [3.05, 3.63) is 17.5 Å². The van der Waals surface area contributed by atoms with Crippen LogP contribution < -0.4 is 4.72 Å². The second-order valence-electron chi connectivity index (χ2n) is 3.73. The molecule has 8 nitrogen and oxygen atoms in total. The number of carboxylic acid groups (broad SMARTS) is 1. The number of rotatable bonds is 7. The first-order chi connectivity index (χ1) is 8.30. The van der Waals surface area contributed by atoms with Crippen molar-refractivity contribution in [1.82, 2.24) is 9.88 Å². The van der Waals surface area contributed by atoms with Gasteiger partial charge in [-0.15, -0.1) is 0 Å². The molecule has 1 atom stereocenters. The van der Waals surface area contributed by atoms with Crippen molar-refractivity contribution in [2.45, 2.75) is 25.2 Å². The third-order valence-electron chi connectivity index (χ3n) is 2.04. The monoisotopic (exact) mass is 278 g/mol. The molecule has 0 aromatic carbocycles. The molecule has 0 radical (unpaired) electrons. The summed E-state index contributed by atoms with van der Waals surface area (Å²) < 4.78 is 30.0. The lowest BCUT2D eigenvalue weighted by Gasteiger charge is -2.07. The van der Waals surface area contributed by atoms with Gasteiger partial charge < -0.3 is 14.7 Å². The molecule has 3 N–H and O–H groups in total. The maximum absolute atomic E-state index is 11.5. The van der Waals surface area contributed by atoms with Gasteiger partial charge in [0, 0.05) is 12.6 Å². The van der Waals surface area contributed by atoms with Gasteiger partial charge in [0.2, 0.25) is 10.0 Å². The van der Waals surface area contributed by atoms with Crippen LogP contribution in [0.1, 0.15) is 17.9 Å². The van der Waals surface area contributed by atoms with Crippen LogP contribution in [0.5, 0.6) is 0 Å². The molecule has 0 amide bonds. The molecule has 102 valence electrons. The van der Waals surface area contributed by atoms with E-state index < -0.39 is 22.1 Å². The first-order valence-electron chi connectivity index (χ1n) is 5.10. The van der Waals surface area contributed by atoms with E-state index in [1.165, 1.54) is 6.07 Å². The molecule has 0 aliphatic heterocycles. The van der Waals surface area contributed by atoms with Gasteiger partial charge in [-0.2, -0.15) is 0 Å². The summed E-state index contributed by atoms with van der Waals surface area (Å²) >= 11 is 0. The number of nitrogens with one attached hydrogen (secondary N) is 1. The second kappa shape index (κ2) is 5.94. The minimum absolute atomic E-state index is 0.160. The zero-order chi connectivity index (χ0) is 13.8. The molecule has 0 saturated carbocycles. The molecule has 18 heavy (non-hydrogen) atoms. The lowest BCUT2D eigenvalue weighted by molar-refractivity contribution is -0.146. The summed E-state index contributed by atoms with van der Waals surface area (Å²) in [5.41, 5.74) is 0.263. The van der Waals surface area contributed by atoms with E-state index in [-0.39, 0.29) is 24.4 Å². The minimum Gasteiger partial charge on any atom is -0.479 e. The van der Waals surface area contributed by atoms with Crippen LogP contribution in [0, 0.1) is 6.92 Å². The second-order valence-corrected chi connectivity index (χ2v) is 5.53. The van der Waals surface area contributed by atoms with Gasteiger partial charge in [-0.05, 0) is 13.3 Å². The Kier molecular flexibility index (Phi) is 4.82. The van der Waals surface area contributed by atoms with Crippen molar-refractivity contribution in [1.29, 1.82) is 0 Å². The number of hydrogen-bond acceptors (Lipinski definition) is 6. The molecule has 1 aromatic heterocycles. The molecule has 1 unspecified atom stereocenters. The molecule has 0 bridgehead atoms. The number of aromatic nitrogens is 1. The summed E-state index contributed by atoms with van der Waals surface area (Å²) in [4.78, 5) is 10.3. The van der Waals surface area contributed by atoms with E-state index in [9.17, 15) is 13.2 Å². The van der Waals surface area contributed by atoms with Crippen LogP contribution in [0.15, 0.2) is 10.6 Å². The molecule has 0 spiro atoms. The van der Waals surface area contributed by atoms with Gasteiger partial charge in [-0.25, -0.2) is 17.9 Å². The van der Waals surface area contributed by atoms with Crippen LogP contribution in [-0.2, 0) is 20.6 Å². The zero-order valence-corrected chi connectivity index (χ0v) is 10.5. The summed E-state index contributed by atoms with van der Waals surface area (Å²) in [5.74, 6) is -1.24. The van der Waals surface area contributed by atoms with Gasteiger partial charge >= 0.3 is 5.97 Å². The molecule has 9 heteroatoms. The van der Waals surface area contributed by atoms with E-state index in [1.54, 1.807) is 6.92 Å². The van der Waals surface area contributed by atoms with Crippen molar-refractivity contribution in [3.8, 4) is 0 Å². The van der Waals surface area contributed by atoms with Gasteiger partial charge in [-0.3, -0.25) is 0 Å². The number of hydrogen-bond donors (Lipinski definition) is 3. The van der Waals surface area contributed by atoms with Crippen molar-refractivity contribution in [3.63, 3.8) is 0 Å². The number of carbonyl (C=O) groups is 1. The largest absolute Gasteiger partial charge is 0.479 e. The normalized spacial score (nSPS) is 13.4. The number of aliphatic hydroxyl groups is 1. The SMILES string of the molecule is Cc1cc(CS(=O)(=O)NCCC(O)C(=O)O)no1. The maximum atomic E-state index is 11.5. The molecule has 0 fully saturated rings. The van der Waals surface area contributed by atoms with Crippen molar-refractivity contribution in [2.75, 3.05) is 6.54 Å². The summed E-state index contributed by atoms with van der Waals surface area (Å²) in [6, 6.07) is 1.49. The molecule has 0 aliphatic carbocycles. The third kappa shape index (κ3) is 4.82. The van der Waals surface area contributed by atoms with E-state index in [4.69, 9.17) is 14.7 Å². The highest BCUT2D eigenvalue weighted by Gasteiger charge is 2.17. The highest BCUT2D eigenvalue weighted by atomic mass is 32.2. The first kappa shape index (κ1) is 14.6. The first-order valence-corrected chi connectivity index (χ1v) is 6.76. The lowest BCUT2D eigenvalue weighted by Crippen LogP contribution is -2.30. The standard InChI is InChI=1S/C9H14N2O6S/c1-6-4-7(11-17-6)5-18(15,16)10-3-2-8(12)9(13)14/h4,8,10,12H,2-3,5H2,1H3,(H,13,14). The van der Waals surface area contributed by atoms with Crippen LogP contribution in [-0.4, -0.2) is 42.4 Å². The molecular formula is C9H14N2O6S. The van der Waals surface area contributed by atoms with Crippen LogP contribution >= 0.6 is 0 Å². The fourth-order valence-electron chi connectivity index (χ4n) is 1.21. The smallest absolute Gasteiger partial charge is 0.332 e. The predicted molar refractivity (Wildman–Crippen MR) is 60.1 cm³/mol. The Hall–Kier alpha value is -1.45. The Bertz CT molecular complexity index is 509. The van der Waals surface area contributed by atoms with Crippen LogP contribution in [0.4, 0.5) is 0 Å². The Balaban J connectivity index is 2.43. The molecule has 1 aromatic rings. The number of sulfonamides is 1. The average Bonchev–Trinajstić information content (AvgIpc) is 2.62. The number of aryl methyl sites for hydroxylation is 1. The van der Waals surface area contributed by atoms with Gasteiger partial charge in [0.1, 0.15) is 17.2 Å². The minimum atomic E-state index is -3.62. The molecule has 1 heterocycles. The van der Waals surface area contributed by atoms with Crippen molar-refractivity contribution >= 4 is 16.0 Å². The van der Waals surface area contributed by atoms with E-state index in [0.717, 1.165) is 0 Å². The Labute approximate surface area is 104 Å². The highest BCUT2D eigenvalue weighted by Crippen LogP contribution is 2.05. The lowest BCUT2D eigenvalue weighted by atomic mass is 10.3. The number of aliphatic carboxylic acids is 1. The van der Waals surface area contributed by atoms with Crippen LogP contribution in [0.2, 0.25) is 0 Å². The van der Waals surface area contributed by atoms with E-state index in [2.05, 4.69) is 9.88 Å². The van der Waals surface area contributed by atoms with Gasteiger partial charge in [-0.1, -0.05) is 5.16 Å². The van der Waals surface area contributed by atoms with E-state index >= 15 is 0 Å². The maximum Gasteiger partial charge on any atom is 0.332 e. The average molecular weight is 278 g/mol. The fourth-order valence-corrected chi connectivity index (χ4v) is 2.26. The highest BCUT2D eigenvalue weighted by molar-refractivity contribution is 7.88. The number of carboxylic acids is 1. The number of aliphatic hydroxyl groups excluding tert-OH is 1. The summed E-state index contributed by atoms with van der Waals surface area (Å²) in [6.45, 7) is 1.48. The zero-order valence-electron chi connectivity index (χ0n) is 9.66. The molecule has 0 aliphatic rings. The summed E-state index contributed by atoms with van der Waals surface area (Å²) in [5, 5.41) is 20.9. The van der Waals surface area contributed by atoms with E-state index in [0.29, 0.717) is 5.76 Å². The Morgan fingerprint density at radius 3 is 2.78 bits per heavy atom. The fraction of sp³-hybridized carbons (Fsp3) is 0.556. The number of nitrogens with zero attached hydrogens (tertiary/aromatic N) is 1. The van der Waals surface area contributed by atoms with Crippen molar-refractivity contribution < 1.29 is 27.9 Å². The molecule has 0 saturated heterocycles. The van der Waals surface area contributed by atoms with Gasteiger partial charge in [0.15, 0.2) is 6.10 Å². The Morgan fingerprint density at radius 1 is 1.61 bits per heavy atom. The summed E-state index contributed by atoms with van der Waals surface area (Å²) in [7, 11) is -3.62. The predicted octanol–water partition coefficient (Wildman–Crippen LogP) is -0.762. The van der Waals surface area contributed by atoms with Crippen LogP contribution in [0.25, 0.3) is 0 Å². The topological polar surface area (TPSA) is 130 Å².